The molecule has 0 saturated carbocycles. The maximum absolute atomic E-state index is 11.6. The van der Waals surface area contributed by atoms with Gasteiger partial charge in [-0.1, -0.05) is 29.8 Å². The quantitative estimate of drug-likeness (QED) is 0.472. The minimum absolute atomic E-state index is 0.0837. The smallest absolute Gasteiger partial charge is 0.353 e. The number of nitro groups is 1. The van der Waals surface area contributed by atoms with Crippen molar-refractivity contribution in [3.63, 3.8) is 0 Å². The van der Waals surface area contributed by atoms with Crippen LogP contribution in [0.25, 0.3) is 0 Å². The van der Waals surface area contributed by atoms with Crippen molar-refractivity contribution in [2.75, 3.05) is 10.6 Å². The van der Waals surface area contributed by atoms with Crippen LogP contribution in [0.15, 0.2) is 30.6 Å². The van der Waals surface area contributed by atoms with Gasteiger partial charge in [0.05, 0.1) is 10.6 Å². The van der Waals surface area contributed by atoms with Gasteiger partial charge in [0, 0.05) is 16.4 Å². The van der Waals surface area contributed by atoms with Gasteiger partial charge in [-0.25, -0.2) is 15.0 Å². The lowest BCUT2D eigenvalue weighted by molar-refractivity contribution is -0.383. The fourth-order valence-corrected chi connectivity index (χ4v) is 3.24. The number of hydrogen-bond donors (Lipinski definition) is 2. The number of nitrogens with zero attached hydrogens (tertiary/aromatic N) is 4. The molecule has 8 nitrogen and oxygen atoms in total. The molecule has 2 heterocycles. The summed E-state index contributed by atoms with van der Waals surface area (Å²) in [5.74, 6) is 0.192. The largest absolute Gasteiger partial charge is 0.360 e. The molecule has 0 amide bonds. The zero-order chi connectivity index (χ0) is 18.7. The number of aromatic nitrogens is 3. The molecule has 2 aromatic heterocycles. The molecule has 2 N–H and O–H groups in total. The highest BCUT2D eigenvalue weighted by molar-refractivity contribution is 7.15. The highest BCUT2D eigenvalue weighted by atomic mass is 35.5. The third-order valence-corrected chi connectivity index (χ3v) is 5.02. The summed E-state index contributed by atoms with van der Waals surface area (Å²) >= 11 is 7.53. The van der Waals surface area contributed by atoms with Crippen molar-refractivity contribution < 1.29 is 4.92 Å². The predicted molar refractivity (Wildman–Crippen MR) is 102 cm³/mol. The molecule has 0 atom stereocenters. The minimum Gasteiger partial charge on any atom is -0.360 e. The molecule has 0 saturated heterocycles. The monoisotopic (exact) mass is 390 g/mol. The van der Waals surface area contributed by atoms with Crippen molar-refractivity contribution in [3.05, 3.63) is 61.9 Å². The Morgan fingerprint density at radius 2 is 1.96 bits per heavy atom. The normalized spacial score (nSPS) is 10.6. The molecular weight excluding hydrogens is 376 g/mol. The summed E-state index contributed by atoms with van der Waals surface area (Å²) in [5.41, 5.74) is 1.43. The lowest BCUT2D eigenvalue weighted by atomic mass is 10.2. The summed E-state index contributed by atoms with van der Waals surface area (Å²) < 4.78 is 0. The zero-order valence-corrected chi connectivity index (χ0v) is 15.6. The number of nitrogens with one attached hydrogen (secondary N) is 2. The standard InChI is InChI=1S/C16H15ClN6O2S/c1-9-10(2)26-16(21-9)22-15-13(23(24)25)14(19-8-20-15)18-7-11-5-3-4-6-12(11)17/h3-6,8H,7H2,1-2H3,(H2,18,19,20,21,22). The number of benzene rings is 1. The highest BCUT2D eigenvalue weighted by Crippen LogP contribution is 2.33. The summed E-state index contributed by atoms with van der Waals surface area (Å²) in [6, 6.07) is 7.26. The van der Waals surface area contributed by atoms with Crippen LogP contribution in [-0.2, 0) is 6.54 Å². The maximum Gasteiger partial charge on any atom is 0.353 e. The Kier molecular flexibility index (Phi) is 5.29. The lowest BCUT2D eigenvalue weighted by Crippen LogP contribution is -2.08. The summed E-state index contributed by atoms with van der Waals surface area (Å²) in [7, 11) is 0. The minimum atomic E-state index is -0.523. The molecule has 0 aliphatic heterocycles. The first kappa shape index (κ1) is 18.0. The second kappa shape index (κ2) is 7.63. The molecular formula is C16H15ClN6O2S. The molecule has 26 heavy (non-hydrogen) atoms. The van der Waals surface area contributed by atoms with Gasteiger partial charge in [0.25, 0.3) is 0 Å². The summed E-state index contributed by atoms with van der Waals surface area (Å²) in [6.45, 7) is 4.11. The molecule has 0 aliphatic carbocycles. The van der Waals surface area contributed by atoms with Gasteiger partial charge in [-0.3, -0.25) is 10.1 Å². The van der Waals surface area contributed by atoms with Crippen LogP contribution in [0.5, 0.6) is 0 Å². The van der Waals surface area contributed by atoms with E-state index in [0.717, 1.165) is 16.1 Å². The van der Waals surface area contributed by atoms with E-state index < -0.39 is 4.92 Å². The average molecular weight is 391 g/mol. The van der Waals surface area contributed by atoms with Crippen molar-refractivity contribution >= 4 is 45.4 Å². The van der Waals surface area contributed by atoms with Gasteiger partial charge in [-0.05, 0) is 25.5 Å². The van der Waals surface area contributed by atoms with E-state index in [1.165, 1.54) is 17.7 Å². The molecule has 0 bridgehead atoms. The fraction of sp³-hybridized carbons (Fsp3) is 0.188. The Bertz CT molecular complexity index is 942. The molecule has 0 spiro atoms. The molecule has 0 aliphatic rings. The van der Waals surface area contributed by atoms with Crippen molar-refractivity contribution in [1.29, 1.82) is 0 Å². The SMILES string of the molecule is Cc1nc(Nc2ncnc(NCc3ccccc3Cl)c2[N+](=O)[O-])sc1C. The van der Waals surface area contributed by atoms with E-state index in [9.17, 15) is 10.1 Å². The molecule has 3 aromatic rings. The van der Waals surface area contributed by atoms with Crippen LogP contribution in [-0.4, -0.2) is 19.9 Å². The van der Waals surface area contributed by atoms with Crippen LogP contribution >= 0.6 is 22.9 Å². The van der Waals surface area contributed by atoms with Crippen molar-refractivity contribution in [2.45, 2.75) is 20.4 Å². The molecule has 3 rings (SSSR count). The van der Waals surface area contributed by atoms with Gasteiger partial charge in [-0.2, -0.15) is 0 Å². The number of rotatable bonds is 6. The van der Waals surface area contributed by atoms with E-state index in [1.807, 2.05) is 32.0 Å². The molecule has 1 aromatic carbocycles. The average Bonchev–Trinajstić information content (AvgIpc) is 2.91. The van der Waals surface area contributed by atoms with E-state index in [2.05, 4.69) is 25.6 Å². The van der Waals surface area contributed by atoms with Crippen LogP contribution < -0.4 is 10.6 Å². The van der Waals surface area contributed by atoms with Gasteiger partial charge in [0.2, 0.25) is 11.6 Å². The van der Waals surface area contributed by atoms with Crippen LogP contribution in [0.2, 0.25) is 5.02 Å². The summed E-state index contributed by atoms with van der Waals surface area (Å²) in [6.07, 6.45) is 1.26. The number of thiazole rings is 1. The number of hydrogen-bond acceptors (Lipinski definition) is 8. The van der Waals surface area contributed by atoms with Gasteiger partial charge >= 0.3 is 5.69 Å². The summed E-state index contributed by atoms with van der Waals surface area (Å²) in [5, 5.41) is 18.6. The Hall–Kier alpha value is -2.78. The van der Waals surface area contributed by atoms with Crippen molar-refractivity contribution in [3.8, 4) is 0 Å². The Morgan fingerprint density at radius 1 is 1.23 bits per heavy atom. The van der Waals surface area contributed by atoms with Crippen LogP contribution in [0.1, 0.15) is 16.1 Å². The second-order valence-electron chi connectivity index (χ2n) is 5.41. The topological polar surface area (TPSA) is 106 Å². The number of aryl methyl sites for hydroxylation is 2. The van der Waals surface area contributed by atoms with E-state index in [0.29, 0.717) is 16.7 Å². The van der Waals surface area contributed by atoms with E-state index in [-0.39, 0.29) is 17.3 Å². The second-order valence-corrected chi connectivity index (χ2v) is 7.02. The number of anilines is 3. The van der Waals surface area contributed by atoms with Crippen molar-refractivity contribution in [2.24, 2.45) is 0 Å². The lowest BCUT2D eigenvalue weighted by Gasteiger charge is -2.09. The first-order valence-electron chi connectivity index (χ1n) is 7.63. The Morgan fingerprint density at radius 3 is 2.62 bits per heavy atom. The van der Waals surface area contributed by atoms with Crippen molar-refractivity contribution in [1.82, 2.24) is 15.0 Å². The number of halogens is 1. The molecule has 0 fully saturated rings. The molecule has 0 unspecified atom stereocenters. The van der Waals surface area contributed by atoms with Crippen LogP contribution in [0.3, 0.4) is 0 Å². The molecule has 134 valence electrons. The Labute approximate surface area is 158 Å². The van der Waals surface area contributed by atoms with Crippen LogP contribution in [0.4, 0.5) is 22.5 Å². The summed E-state index contributed by atoms with van der Waals surface area (Å²) in [4.78, 5) is 24.4. The third-order valence-electron chi connectivity index (χ3n) is 3.66. The fourth-order valence-electron chi connectivity index (χ4n) is 2.22. The highest BCUT2D eigenvalue weighted by Gasteiger charge is 2.24. The maximum atomic E-state index is 11.6. The predicted octanol–water partition coefficient (Wildman–Crippen LogP) is 4.47. The van der Waals surface area contributed by atoms with E-state index in [1.54, 1.807) is 6.07 Å². The first-order valence-corrected chi connectivity index (χ1v) is 8.83. The van der Waals surface area contributed by atoms with E-state index >= 15 is 0 Å². The molecule has 10 heteroatoms. The zero-order valence-electron chi connectivity index (χ0n) is 14.0. The van der Waals surface area contributed by atoms with E-state index in [4.69, 9.17) is 11.6 Å². The van der Waals surface area contributed by atoms with Gasteiger partial charge < -0.3 is 10.6 Å². The first-order chi connectivity index (χ1) is 12.5. The third kappa shape index (κ3) is 3.89. The van der Waals surface area contributed by atoms with Gasteiger partial charge in [0.1, 0.15) is 6.33 Å². The van der Waals surface area contributed by atoms with Gasteiger partial charge in [0.15, 0.2) is 5.13 Å². The molecule has 0 radical (unpaired) electrons. The van der Waals surface area contributed by atoms with Crippen LogP contribution in [0, 0.1) is 24.0 Å². The Balaban J connectivity index is 1.88. The van der Waals surface area contributed by atoms with Gasteiger partial charge in [-0.15, -0.1) is 11.3 Å².